The van der Waals surface area contributed by atoms with E-state index in [1.54, 1.807) is 23.5 Å². The highest BCUT2D eigenvalue weighted by Gasteiger charge is 2.15. The molecule has 3 aromatic carbocycles. The summed E-state index contributed by atoms with van der Waals surface area (Å²) in [4.78, 5) is 29.2. The molecule has 1 aromatic heterocycles. The van der Waals surface area contributed by atoms with Crippen molar-refractivity contribution in [3.05, 3.63) is 88.3 Å². The van der Waals surface area contributed by atoms with Crippen LogP contribution in [0.2, 0.25) is 5.02 Å². The van der Waals surface area contributed by atoms with Crippen molar-refractivity contribution >= 4 is 46.1 Å². The van der Waals surface area contributed by atoms with E-state index < -0.39 is 0 Å². The van der Waals surface area contributed by atoms with Crippen molar-refractivity contribution in [2.45, 2.75) is 19.3 Å². The molecule has 5 nitrogen and oxygen atoms in total. The normalized spacial score (nSPS) is 13.1. The number of aromatic nitrogens is 1. The molecule has 0 aliphatic carbocycles. The van der Waals surface area contributed by atoms with Crippen LogP contribution in [0.4, 0.5) is 11.4 Å². The first kappa shape index (κ1) is 21.4. The summed E-state index contributed by atoms with van der Waals surface area (Å²) in [7, 11) is 0. The molecule has 0 radical (unpaired) electrons. The Balaban J connectivity index is 1.28. The molecule has 2 heterocycles. The topological polar surface area (TPSA) is 71.1 Å². The minimum absolute atomic E-state index is 0.0199. The SMILES string of the molecule is O=C1CCCc2cc(C(=O)Nc3ccc(-c4csc(-c5ccc(Cl)cc5)n4)cc3)ccc2N1. The number of benzene rings is 3. The molecule has 7 heteroatoms. The van der Waals surface area contributed by atoms with Gasteiger partial charge >= 0.3 is 0 Å². The van der Waals surface area contributed by atoms with Gasteiger partial charge in [-0.2, -0.15) is 0 Å². The summed E-state index contributed by atoms with van der Waals surface area (Å²) in [6, 6.07) is 20.7. The van der Waals surface area contributed by atoms with Crippen LogP contribution in [0.5, 0.6) is 0 Å². The number of fused-ring (bicyclic) bond motifs is 1. The number of hydrogen-bond donors (Lipinski definition) is 2. The standard InChI is InChI=1S/C26H20ClN3O2S/c27-20-9-4-17(5-10-20)26-30-23(15-33-26)16-6-11-21(12-7-16)28-25(32)19-8-13-22-18(14-19)2-1-3-24(31)29-22/h4-15H,1-3H2,(H,28,32)(H,29,31). The number of aryl methyl sites for hydroxylation is 1. The third-order valence-electron chi connectivity index (χ3n) is 5.53. The minimum Gasteiger partial charge on any atom is -0.326 e. The van der Waals surface area contributed by atoms with Crippen LogP contribution in [-0.2, 0) is 11.2 Å². The lowest BCUT2D eigenvalue weighted by Gasteiger charge is -2.10. The molecule has 0 spiro atoms. The Bertz CT molecular complexity index is 1330. The van der Waals surface area contributed by atoms with Gasteiger partial charge in [-0.3, -0.25) is 9.59 Å². The Morgan fingerprint density at radius 1 is 0.970 bits per heavy atom. The first-order valence-electron chi connectivity index (χ1n) is 10.6. The number of hydrogen-bond acceptors (Lipinski definition) is 4. The van der Waals surface area contributed by atoms with Crippen molar-refractivity contribution in [1.82, 2.24) is 4.98 Å². The van der Waals surface area contributed by atoms with Gasteiger partial charge in [0.2, 0.25) is 5.91 Å². The monoisotopic (exact) mass is 473 g/mol. The second-order valence-corrected chi connectivity index (χ2v) is 9.14. The molecule has 0 fully saturated rings. The summed E-state index contributed by atoms with van der Waals surface area (Å²) in [6.07, 6.45) is 2.06. The molecule has 164 valence electrons. The predicted molar refractivity (Wildman–Crippen MR) is 134 cm³/mol. The number of carbonyl (C=O) groups is 2. The van der Waals surface area contributed by atoms with Gasteiger partial charge in [0.25, 0.3) is 5.91 Å². The molecule has 4 aromatic rings. The van der Waals surface area contributed by atoms with Crippen LogP contribution < -0.4 is 10.6 Å². The van der Waals surface area contributed by atoms with E-state index in [2.05, 4.69) is 10.6 Å². The van der Waals surface area contributed by atoms with Crippen molar-refractivity contribution in [2.24, 2.45) is 0 Å². The van der Waals surface area contributed by atoms with Crippen LogP contribution in [0.1, 0.15) is 28.8 Å². The number of carbonyl (C=O) groups excluding carboxylic acids is 2. The Kier molecular flexibility index (Phi) is 5.94. The molecule has 2 amide bonds. The number of halogens is 1. The number of thiazole rings is 1. The average molecular weight is 474 g/mol. The third-order valence-corrected chi connectivity index (χ3v) is 6.67. The van der Waals surface area contributed by atoms with Gasteiger partial charge in [-0.15, -0.1) is 11.3 Å². The third kappa shape index (κ3) is 4.82. The molecule has 1 aliphatic rings. The van der Waals surface area contributed by atoms with E-state index in [9.17, 15) is 9.59 Å². The number of nitrogens with one attached hydrogen (secondary N) is 2. The van der Waals surface area contributed by atoms with Gasteiger partial charge < -0.3 is 10.6 Å². The Morgan fingerprint density at radius 3 is 2.52 bits per heavy atom. The van der Waals surface area contributed by atoms with Crippen LogP contribution in [0.3, 0.4) is 0 Å². The van der Waals surface area contributed by atoms with Crippen molar-refractivity contribution in [1.29, 1.82) is 0 Å². The van der Waals surface area contributed by atoms with Crippen LogP contribution in [0, 0.1) is 0 Å². The molecule has 2 N–H and O–H groups in total. The van der Waals surface area contributed by atoms with E-state index in [4.69, 9.17) is 16.6 Å². The maximum Gasteiger partial charge on any atom is 0.255 e. The lowest BCUT2D eigenvalue weighted by Crippen LogP contribution is -2.13. The molecule has 1 aliphatic heterocycles. The van der Waals surface area contributed by atoms with E-state index >= 15 is 0 Å². The molecule has 5 rings (SSSR count). The Morgan fingerprint density at radius 2 is 1.73 bits per heavy atom. The number of nitrogens with zero attached hydrogens (tertiary/aromatic N) is 1. The molecule has 33 heavy (non-hydrogen) atoms. The summed E-state index contributed by atoms with van der Waals surface area (Å²) in [5, 5.41) is 9.49. The van der Waals surface area contributed by atoms with Crippen molar-refractivity contribution in [3.63, 3.8) is 0 Å². The van der Waals surface area contributed by atoms with Gasteiger partial charge in [0.15, 0.2) is 0 Å². The molecular formula is C26H20ClN3O2S. The van der Waals surface area contributed by atoms with E-state index in [-0.39, 0.29) is 11.8 Å². The number of anilines is 2. The van der Waals surface area contributed by atoms with Crippen LogP contribution in [0.25, 0.3) is 21.8 Å². The Hall–Kier alpha value is -3.48. The summed E-state index contributed by atoms with van der Waals surface area (Å²) in [5.74, 6) is -0.161. The fourth-order valence-corrected chi connectivity index (χ4v) is 4.74. The molecular weight excluding hydrogens is 454 g/mol. The Labute approximate surface area is 200 Å². The molecule has 0 bridgehead atoms. The van der Waals surface area contributed by atoms with E-state index in [0.29, 0.717) is 22.7 Å². The highest BCUT2D eigenvalue weighted by Crippen LogP contribution is 2.30. The van der Waals surface area contributed by atoms with Crippen molar-refractivity contribution in [2.75, 3.05) is 10.6 Å². The van der Waals surface area contributed by atoms with E-state index in [1.165, 1.54) is 0 Å². The second kappa shape index (κ2) is 9.17. The van der Waals surface area contributed by atoms with Crippen LogP contribution in [-0.4, -0.2) is 16.8 Å². The first-order chi connectivity index (χ1) is 16.0. The average Bonchev–Trinajstić information content (AvgIpc) is 3.23. The zero-order valence-electron chi connectivity index (χ0n) is 17.6. The smallest absolute Gasteiger partial charge is 0.255 e. The summed E-state index contributed by atoms with van der Waals surface area (Å²) >= 11 is 7.55. The lowest BCUT2D eigenvalue weighted by molar-refractivity contribution is -0.116. The zero-order valence-corrected chi connectivity index (χ0v) is 19.2. The van der Waals surface area contributed by atoms with Gasteiger partial charge in [0.05, 0.1) is 5.69 Å². The maximum absolute atomic E-state index is 12.8. The van der Waals surface area contributed by atoms with Crippen LogP contribution in [0.15, 0.2) is 72.1 Å². The zero-order chi connectivity index (χ0) is 22.8. The van der Waals surface area contributed by atoms with E-state index in [0.717, 1.165) is 45.9 Å². The molecule has 0 saturated carbocycles. The molecule has 0 saturated heterocycles. The van der Waals surface area contributed by atoms with Crippen LogP contribution >= 0.6 is 22.9 Å². The largest absolute Gasteiger partial charge is 0.326 e. The van der Waals surface area contributed by atoms with Gasteiger partial charge in [-0.05, 0) is 60.9 Å². The van der Waals surface area contributed by atoms with Crippen molar-refractivity contribution < 1.29 is 9.59 Å². The van der Waals surface area contributed by atoms with Gasteiger partial charge in [-0.1, -0.05) is 35.9 Å². The highest BCUT2D eigenvalue weighted by atomic mass is 35.5. The van der Waals surface area contributed by atoms with E-state index in [1.807, 2.05) is 60.0 Å². The number of rotatable bonds is 4. The summed E-state index contributed by atoms with van der Waals surface area (Å²) in [6.45, 7) is 0. The summed E-state index contributed by atoms with van der Waals surface area (Å²) in [5.41, 5.74) is 5.95. The van der Waals surface area contributed by atoms with Gasteiger partial charge in [0.1, 0.15) is 5.01 Å². The molecule has 0 atom stereocenters. The van der Waals surface area contributed by atoms with Gasteiger partial charge in [-0.25, -0.2) is 4.98 Å². The fraction of sp³-hybridized carbons (Fsp3) is 0.115. The second-order valence-electron chi connectivity index (χ2n) is 7.85. The quantitative estimate of drug-likeness (QED) is 0.348. The molecule has 0 unspecified atom stereocenters. The van der Waals surface area contributed by atoms with Crippen molar-refractivity contribution in [3.8, 4) is 21.8 Å². The minimum atomic E-state index is -0.181. The van der Waals surface area contributed by atoms with Gasteiger partial charge in [0, 0.05) is 44.9 Å². The first-order valence-corrected chi connectivity index (χ1v) is 11.9. The maximum atomic E-state index is 12.8. The fourth-order valence-electron chi connectivity index (χ4n) is 3.77. The predicted octanol–water partition coefficient (Wildman–Crippen LogP) is 6.66. The number of amides is 2. The lowest BCUT2D eigenvalue weighted by atomic mass is 10.0. The highest BCUT2D eigenvalue weighted by molar-refractivity contribution is 7.13. The summed E-state index contributed by atoms with van der Waals surface area (Å²) < 4.78 is 0.